The molecule has 2 rings (SSSR count). The lowest BCUT2D eigenvalue weighted by atomic mass is 10.2. The average Bonchev–Trinajstić information content (AvgIpc) is 2.85. The zero-order valence-corrected chi connectivity index (χ0v) is 13.3. The van der Waals surface area contributed by atoms with Gasteiger partial charge in [0, 0.05) is 23.7 Å². The van der Waals surface area contributed by atoms with E-state index in [1.807, 2.05) is 0 Å². The summed E-state index contributed by atoms with van der Waals surface area (Å²) in [4.78, 5) is 8.27. The molecule has 0 aliphatic rings. The highest BCUT2D eigenvalue weighted by atomic mass is 32.1. The van der Waals surface area contributed by atoms with Crippen molar-refractivity contribution in [2.45, 2.75) is 40.2 Å². The number of anilines is 2. The Morgan fingerprint density at radius 1 is 1.20 bits per heavy atom. The van der Waals surface area contributed by atoms with Crippen molar-refractivity contribution >= 4 is 22.2 Å². The molecule has 0 atom stereocenters. The Balaban J connectivity index is 2.33. The van der Waals surface area contributed by atoms with Gasteiger partial charge in [0.25, 0.3) is 0 Å². The molecular formula is C16H23N3S. The maximum absolute atomic E-state index is 5.85. The van der Waals surface area contributed by atoms with Crippen LogP contribution in [0.3, 0.4) is 0 Å². The van der Waals surface area contributed by atoms with Gasteiger partial charge in [-0.15, -0.1) is 0 Å². The van der Waals surface area contributed by atoms with Gasteiger partial charge in [-0.3, -0.25) is 0 Å². The minimum absolute atomic E-state index is 0.582. The molecule has 4 heteroatoms. The van der Waals surface area contributed by atoms with E-state index in [-0.39, 0.29) is 0 Å². The van der Waals surface area contributed by atoms with Gasteiger partial charge in [-0.25, -0.2) is 4.98 Å². The van der Waals surface area contributed by atoms with E-state index in [1.165, 1.54) is 21.8 Å². The number of nitrogens with two attached hydrogens (primary N) is 1. The molecule has 0 saturated carbocycles. The van der Waals surface area contributed by atoms with E-state index in [4.69, 9.17) is 10.7 Å². The van der Waals surface area contributed by atoms with Crippen LogP contribution in [0.15, 0.2) is 24.3 Å². The van der Waals surface area contributed by atoms with Crippen LogP contribution in [-0.4, -0.2) is 11.5 Å². The Hall–Kier alpha value is -1.39. The molecule has 20 heavy (non-hydrogen) atoms. The molecule has 0 fully saturated rings. The number of benzene rings is 1. The first-order valence-corrected chi connectivity index (χ1v) is 8.04. The minimum atomic E-state index is 0.582. The summed E-state index contributed by atoms with van der Waals surface area (Å²) in [5.41, 5.74) is 9.48. The number of hydrogen-bond acceptors (Lipinski definition) is 4. The van der Waals surface area contributed by atoms with Crippen LogP contribution in [-0.2, 0) is 13.0 Å². The van der Waals surface area contributed by atoms with Crippen LogP contribution in [0.2, 0.25) is 0 Å². The number of nitrogens with zero attached hydrogens (tertiary/aromatic N) is 2. The molecule has 108 valence electrons. The van der Waals surface area contributed by atoms with Gasteiger partial charge >= 0.3 is 0 Å². The molecule has 0 bridgehead atoms. The van der Waals surface area contributed by atoms with Crippen LogP contribution in [0.1, 0.15) is 36.4 Å². The van der Waals surface area contributed by atoms with Crippen LogP contribution in [0.4, 0.5) is 10.8 Å². The third-order valence-corrected chi connectivity index (χ3v) is 4.47. The van der Waals surface area contributed by atoms with Crippen LogP contribution in [0.5, 0.6) is 0 Å². The van der Waals surface area contributed by atoms with Crippen molar-refractivity contribution in [2.75, 3.05) is 11.4 Å². The van der Waals surface area contributed by atoms with Crippen LogP contribution >= 0.6 is 11.3 Å². The minimum Gasteiger partial charge on any atom is -0.326 e. The van der Waals surface area contributed by atoms with Gasteiger partial charge in [-0.2, -0.15) is 0 Å². The Labute approximate surface area is 125 Å². The second-order valence-electron chi connectivity index (χ2n) is 4.90. The third kappa shape index (κ3) is 3.19. The summed E-state index contributed by atoms with van der Waals surface area (Å²) in [5.74, 6) is 0. The zero-order chi connectivity index (χ0) is 14.5. The van der Waals surface area contributed by atoms with Crippen molar-refractivity contribution in [2.24, 2.45) is 5.73 Å². The normalized spacial score (nSPS) is 10.8. The lowest BCUT2D eigenvalue weighted by molar-refractivity contribution is 0.865. The monoisotopic (exact) mass is 289 g/mol. The number of rotatable bonds is 6. The summed E-state index contributed by atoms with van der Waals surface area (Å²) >= 11 is 1.72. The number of aryl methyl sites for hydroxylation is 2. The third-order valence-electron chi connectivity index (χ3n) is 3.33. The smallest absolute Gasteiger partial charge is 0.190 e. The van der Waals surface area contributed by atoms with E-state index < -0.39 is 0 Å². The molecule has 0 saturated heterocycles. The first-order chi connectivity index (χ1) is 9.69. The molecule has 0 aliphatic carbocycles. The fourth-order valence-corrected chi connectivity index (χ4v) is 3.30. The van der Waals surface area contributed by atoms with Gasteiger partial charge in [0.15, 0.2) is 5.13 Å². The molecule has 1 aromatic heterocycles. The molecule has 0 aliphatic heterocycles. The van der Waals surface area contributed by atoms with Gasteiger partial charge < -0.3 is 10.6 Å². The lowest BCUT2D eigenvalue weighted by Crippen LogP contribution is -2.15. The first kappa shape index (κ1) is 15.0. The van der Waals surface area contributed by atoms with Gasteiger partial charge in [0.05, 0.1) is 5.69 Å². The van der Waals surface area contributed by atoms with Crippen LogP contribution < -0.4 is 10.6 Å². The van der Waals surface area contributed by atoms with E-state index in [9.17, 15) is 0 Å². The Kier molecular flexibility index (Phi) is 5.15. The predicted molar refractivity (Wildman–Crippen MR) is 87.9 cm³/mol. The summed E-state index contributed by atoms with van der Waals surface area (Å²) in [6.07, 6.45) is 2.11. The standard InChI is InChI=1S/C16H23N3S/c1-4-6-14-15(11-17)20-16(18-14)19(5-2)13-9-7-12(3)8-10-13/h7-10H,4-6,11,17H2,1-3H3. The molecule has 0 amide bonds. The summed E-state index contributed by atoms with van der Waals surface area (Å²) in [7, 11) is 0. The average molecular weight is 289 g/mol. The molecule has 0 spiro atoms. The van der Waals surface area contributed by atoms with Gasteiger partial charge in [-0.05, 0) is 32.4 Å². The van der Waals surface area contributed by atoms with E-state index in [0.29, 0.717) is 6.54 Å². The fraction of sp³-hybridized carbons (Fsp3) is 0.438. The van der Waals surface area contributed by atoms with Gasteiger partial charge in [0.2, 0.25) is 0 Å². The van der Waals surface area contributed by atoms with Crippen molar-refractivity contribution in [3.63, 3.8) is 0 Å². The van der Waals surface area contributed by atoms with Crippen molar-refractivity contribution in [3.8, 4) is 0 Å². The molecular weight excluding hydrogens is 266 g/mol. The maximum Gasteiger partial charge on any atom is 0.190 e. The highest BCUT2D eigenvalue weighted by Gasteiger charge is 2.15. The summed E-state index contributed by atoms with van der Waals surface area (Å²) in [6, 6.07) is 8.59. The zero-order valence-electron chi connectivity index (χ0n) is 12.5. The van der Waals surface area contributed by atoms with Crippen molar-refractivity contribution in [1.82, 2.24) is 4.98 Å². The highest BCUT2D eigenvalue weighted by molar-refractivity contribution is 7.15. The lowest BCUT2D eigenvalue weighted by Gasteiger charge is -2.20. The summed E-state index contributed by atoms with van der Waals surface area (Å²) in [6.45, 7) is 7.93. The first-order valence-electron chi connectivity index (χ1n) is 7.22. The topological polar surface area (TPSA) is 42.2 Å². The predicted octanol–water partition coefficient (Wildman–Crippen LogP) is 4.02. The van der Waals surface area contributed by atoms with Gasteiger partial charge in [0.1, 0.15) is 0 Å². The maximum atomic E-state index is 5.85. The Morgan fingerprint density at radius 2 is 1.90 bits per heavy atom. The Bertz CT molecular complexity index is 545. The van der Waals surface area contributed by atoms with Crippen molar-refractivity contribution in [1.29, 1.82) is 0 Å². The number of thiazole rings is 1. The quantitative estimate of drug-likeness (QED) is 0.873. The van der Waals surface area contributed by atoms with Crippen LogP contribution in [0, 0.1) is 6.92 Å². The molecule has 1 aromatic carbocycles. The largest absolute Gasteiger partial charge is 0.326 e. The van der Waals surface area contributed by atoms with Crippen molar-refractivity contribution < 1.29 is 0 Å². The summed E-state index contributed by atoms with van der Waals surface area (Å²) < 4.78 is 0. The van der Waals surface area contributed by atoms with Crippen LogP contribution in [0.25, 0.3) is 0 Å². The van der Waals surface area contributed by atoms with E-state index >= 15 is 0 Å². The molecule has 2 aromatic rings. The highest BCUT2D eigenvalue weighted by Crippen LogP contribution is 2.32. The van der Waals surface area contributed by atoms with Crippen molar-refractivity contribution in [3.05, 3.63) is 40.4 Å². The van der Waals surface area contributed by atoms with E-state index in [0.717, 1.165) is 24.5 Å². The fourth-order valence-electron chi connectivity index (χ4n) is 2.23. The molecule has 0 unspecified atom stereocenters. The molecule has 1 heterocycles. The number of hydrogen-bond donors (Lipinski definition) is 1. The second-order valence-corrected chi connectivity index (χ2v) is 5.96. The second kappa shape index (κ2) is 6.86. The van der Waals surface area contributed by atoms with Gasteiger partial charge in [-0.1, -0.05) is 42.4 Å². The Morgan fingerprint density at radius 3 is 2.45 bits per heavy atom. The number of aromatic nitrogens is 1. The molecule has 3 nitrogen and oxygen atoms in total. The summed E-state index contributed by atoms with van der Waals surface area (Å²) in [5, 5.41) is 1.06. The molecule has 2 N–H and O–H groups in total. The van der Waals surface area contributed by atoms with E-state index in [2.05, 4.69) is 49.9 Å². The SMILES string of the molecule is CCCc1nc(N(CC)c2ccc(C)cc2)sc1CN. The molecule has 0 radical (unpaired) electrons. The van der Waals surface area contributed by atoms with E-state index in [1.54, 1.807) is 11.3 Å².